The standard InChI is InChI=1S/C16H24N2O2S/c1-3-4-6-12-16(19)18(13-8-9-20-11(13)2)15(17-12)14-7-5-10-21-14/h5,7,10-13,15,17H,3-4,6,8-9H2,1-2H3. The summed E-state index contributed by atoms with van der Waals surface area (Å²) in [7, 11) is 0. The van der Waals surface area contributed by atoms with Crippen LogP contribution in [0.3, 0.4) is 0 Å². The van der Waals surface area contributed by atoms with Gasteiger partial charge in [0.15, 0.2) is 0 Å². The third-order valence-electron chi connectivity index (χ3n) is 4.54. The second-order valence-corrected chi connectivity index (χ2v) is 6.94. The van der Waals surface area contributed by atoms with E-state index in [2.05, 4.69) is 41.6 Å². The molecule has 2 aliphatic heterocycles. The lowest BCUT2D eigenvalue weighted by Gasteiger charge is -2.31. The second kappa shape index (κ2) is 6.46. The molecule has 0 spiro atoms. The number of nitrogens with one attached hydrogen (secondary N) is 1. The number of unbranched alkanes of at least 4 members (excludes halogenated alkanes) is 1. The number of hydrogen-bond donors (Lipinski definition) is 1. The molecule has 4 nitrogen and oxygen atoms in total. The first kappa shape index (κ1) is 15.0. The van der Waals surface area contributed by atoms with Crippen LogP contribution in [0.1, 0.15) is 50.6 Å². The van der Waals surface area contributed by atoms with Crippen LogP contribution in [-0.2, 0) is 9.53 Å². The summed E-state index contributed by atoms with van der Waals surface area (Å²) in [6, 6.07) is 4.33. The van der Waals surface area contributed by atoms with Gasteiger partial charge >= 0.3 is 0 Å². The Morgan fingerprint density at radius 2 is 2.38 bits per heavy atom. The van der Waals surface area contributed by atoms with Crippen LogP contribution in [0.25, 0.3) is 0 Å². The van der Waals surface area contributed by atoms with Gasteiger partial charge in [-0.1, -0.05) is 25.8 Å². The van der Waals surface area contributed by atoms with Crippen LogP contribution in [0.2, 0.25) is 0 Å². The van der Waals surface area contributed by atoms with Crippen molar-refractivity contribution in [2.24, 2.45) is 0 Å². The molecular weight excluding hydrogens is 284 g/mol. The maximum atomic E-state index is 12.9. The molecule has 2 fully saturated rings. The molecule has 0 aliphatic carbocycles. The van der Waals surface area contributed by atoms with Crippen molar-refractivity contribution >= 4 is 17.2 Å². The Kier molecular flexibility index (Phi) is 4.62. The molecule has 1 aromatic rings. The highest BCUT2D eigenvalue weighted by molar-refractivity contribution is 7.10. The molecule has 3 rings (SSSR count). The maximum absolute atomic E-state index is 12.9. The van der Waals surface area contributed by atoms with Gasteiger partial charge in [-0.2, -0.15) is 0 Å². The SMILES string of the molecule is CCCCC1NC(c2cccs2)N(C2CCOC2C)C1=O. The predicted molar refractivity (Wildman–Crippen MR) is 84.2 cm³/mol. The number of thiophene rings is 1. The van der Waals surface area contributed by atoms with Crippen LogP contribution in [-0.4, -0.2) is 35.6 Å². The summed E-state index contributed by atoms with van der Waals surface area (Å²) in [6.07, 6.45) is 4.23. The van der Waals surface area contributed by atoms with Crippen LogP contribution in [0.5, 0.6) is 0 Å². The molecule has 1 amide bonds. The molecule has 1 N–H and O–H groups in total. The van der Waals surface area contributed by atoms with E-state index in [1.54, 1.807) is 11.3 Å². The highest BCUT2D eigenvalue weighted by atomic mass is 32.1. The number of amides is 1. The molecule has 1 aromatic heterocycles. The van der Waals surface area contributed by atoms with Gasteiger partial charge in [-0.3, -0.25) is 10.1 Å². The third-order valence-corrected chi connectivity index (χ3v) is 5.47. The van der Waals surface area contributed by atoms with Crippen LogP contribution in [0.15, 0.2) is 17.5 Å². The molecule has 0 radical (unpaired) electrons. The van der Waals surface area contributed by atoms with E-state index in [9.17, 15) is 4.79 Å². The average Bonchev–Trinajstić information content (AvgIpc) is 3.18. The Hall–Kier alpha value is -0.910. The van der Waals surface area contributed by atoms with E-state index in [1.165, 1.54) is 4.88 Å². The first-order chi connectivity index (χ1) is 10.2. The fourth-order valence-electron chi connectivity index (χ4n) is 3.37. The highest BCUT2D eigenvalue weighted by Gasteiger charge is 2.46. The van der Waals surface area contributed by atoms with Crippen molar-refractivity contribution in [2.75, 3.05) is 6.61 Å². The van der Waals surface area contributed by atoms with Crippen LogP contribution < -0.4 is 5.32 Å². The number of carbonyl (C=O) groups excluding carboxylic acids is 1. The minimum Gasteiger partial charge on any atom is -0.376 e. The molecule has 2 aliphatic rings. The summed E-state index contributed by atoms with van der Waals surface area (Å²) in [4.78, 5) is 16.1. The first-order valence-electron chi connectivity index (χ1n) is 7.95. The zero-order valence-corrected chi connectivity index (χ0v) is 13.6. The minimum atomic E-state index is -0.0372. The quantitative estimate of drug-likeness (QED) is 0.909. The van der Waals surface area contributed by atoms with E-state index in [0.29, 0.717) is 0 Å². The number of ether oxygens (including phenoxy) is 1. The van der Waals surface area contributed by atoms with Crippen molar-refractivity contribution in [3.05, 3.63) is 22.4 Å². The lowest BCUT2D eigenvalue weighted by molar-refractivity contribution is -0.133. The molecule has 2 saturated heterocycles. The van der Waals surface area contributed by atoms with Crippen LogP contribution >= 0.6 is 11.3 Å². The summed E-state index contributed by atoms with van der Waals surface area (Å²) in [6.45, 7) is 5.00. The topological polar surface area (TPSA) is 41.6 Å². The Bertz CT molecular complexity index is 477. The molecule has 116 valence electrons. The maximum Gasteiger partial charge on any atom is 0.241 e. The van der Waals surface area contributed by atoms with Gasteiger partial charge in [-0.05, 0) is 31.2 Å². The smallest absolute Gasteiger partial charge is 0.241 e. The van der Waals surface area contributed by atoms with Crippen molar-refractivity contribution in [3.63, 3.8) is 0 Å². The normalized spacial score (nSPS) is 33.0. The molecule has 3 heterocycles. The predicted octanol–water partition coefficient (Wildman–Crippen LogP) is 2.91. The largest absolute Gasteiger partial charge is 0.376 e. The lowest BCUT2D eigenvalue weighted by Crippen LogP contribution is -2.43. The first-order valence-corrected chi connectivity index (χ1v) is 8.83. The third kappa shape index (κ3) is 2.87. The monoisotopic (exact) mass is 308 g/mol. The van der Waals surface area contributed by atoms with Gasteiger partial charge in [0.2, 0.25) is 5.91 Å². The van der Waals surface area contributed by atoms with E-state index < -0.39 is 0 Å². The van der Waals surface area contributed by atoms with E-state index >= 15 is 0 Å². The van der Waals surface area contributed by atoms with Gasteiger partial charge in [0, 0.05) is 11.5 Å². The fourth-order valence-corrected chi connectivity index (χ4v) is 4.15. The van der Waals surface area contributed by atoms with Crippen molar-refractivity contribution in [1.82, 2.24) is 10.2 Å². The second-order valence-electron chi connectivity index (χ2n) is 5.96. The molecule has 0 aromatic carbocycles. The van der Waals surface area contributed by atoms with Crippen molar-refractivity contribution < 1.29 is 9.53 Å². The van der Waals surface area contributed by atoms with Crippen molar-refractivity contribution in [2.45, 2.75) is 63.9 Å². The van der Waals surface area contributed by atoms with Crippen LogP contribution in [0, 0.1) is 0 Å². The molecule has 4 unspecified atom stereocenters. The molecule has 5 heteroatoms. The van der Waals surface area contributed by atoms with Gasteiger partial charge in [-0.25, -0.2) is 0 Å². The zero-order valence-electron chi connectivity index (χ0n) is 12.7. The zero-order chi connectivity index (χ0) is 14.8. The van der Waals surface area contributed by atoms with Gasteiger partial charge in [-0.15, -0.1) is 11.3 Å². The fraction of sp³-hybridized carbons (Fsp3) is 0.688. The van der Waals surface area contributed by atoms with Crippen LogP contribution in [0.4, 0.5) is 0 Å². The minimum absolute atomic E-state index is 0.0218. The van der Waals surface area contributed by atoms with Gasteiger partial charge in [0.1, 0.15) is 6.17 Å². The average molecular weight is 308 g/mol. The highest BCUT2D eigenvalue weighted by Crippen LogP contribution is 2.35. The van der Waals surface area contributed by atoms with E-state index in [4.69, 9.17) is 4.74 Å². The molecular formula is C16H24N2O2S. The molecule has 21 heavy (non-hydrogen) atoms. The van der Waals surface area contributed by atoms with Gasteiger partial charge in [0.25, 0.3) is 0 Å². The Morgan fingerprint density at radius 1 is 1.52 bits per heavy atom. The molecule has 0 saturated carbocycles. The molecule has 0 bridgehead atoms. The summed E-state index contributed by atoms with van der Waals surface area (Å²) in [5.74, 6) is 0.254. The molecule has 4 atom stereocenters. The summed E-state index contributed by atoms with van der Waals surface area (Å²) in [5.41, 5.74) is 0. The van der Waals surface area contributed by atoms with Gasteiger partial charge in [0.05, 0.1) is 18.2 Å². The summed E-state index contributed by atoms with van der Waals surface area (Å²) in [5, 5.41) is 5.63. The van der Waals surface area contributed by atoms with Gasteiger partial charge < -0.3 is 9.64 Å². The lowest BCUT2D eigenvalue weighted by atomic mass is 10.1. The number of nitrogens with zero attached hydrogens (tertiary/aromatic N) is 1. The number of carbonyl (C=O) groups is 1. The summed E-state index contributed by atoms with van der Waals surface area (Å²) < 4.78 is 5.69. The van der Waals surface area contributed by atoms with E-state index in [1.807, 2.05) is 0 Å². The van der Waals surface area contributed by atoms with E-state index in [-0.39, 0.29) is 30.3 Å². The number of hydrogen-bond acceptors (Lipinski definition) is 4. The van der Waals surface area contributed by atoms with E-state index in [0.717, 1.165) is 32.3 Å². The van der Waals surface area contributed by atoms with Crippen molar-refractivity contribution in [3.8, 4) is 0 Å². The Morgan fingerprint density at radius 3 is 3.00 bits per heavy atom. The van der Waals surface area contributed by atoms with Crippen molar-refractivity contribution in [1.29, 1.82) is 0 Å². The summed E-state index contributed by atoms with van der Waals surface area (Å²) >= 11 is 1.71. The Labute approximate surface area is 130 Å². The Balaban J connectivity index is 1.83. The number of rotatable bonds is 5.